The van der Waals surface area contributed by atoms with Crippen LogP contribution in [0.25, 0.3) is 0 Å². The van der Waals surface area contributed by atoms with E-state index in [1.54, 1.807) is 0 Å². The molecular weight excluding hydrogens is 146 g/mol. The molecule has 0 aliphatic carbocycles. The fourth-order valence-electron chi connectivity index (χ4n) is 0.637. The monoisotopic (exact) mass is 153 g/mol. The largest absolute Gasteiger partial charge is 0.390 e. The first-order valence-corrected chi connectivity index (χ1v) is 2.83. The summed E-state index contributed by atoms with van der Waals surface area (Å²) in [5.74, 6) is -0.400. The van der Waals surface area contributed by atoms with E-state index in [2.05, 4.69) is 15.0 Å². The van der Waals surface area contributed by atoms with Crippen LogP contribution in [0.15, 0.2) is 11.3 Å². The number of hydrogen-bond acceptors (Lipinski definition) is 3. The number of imidazole rings is 1. The summed E-state index contributed by atoms with van der Waals surface area (Å²) in [6, 6.07) is 0. The maximum absolute atomic E-state index is 10.6. The van der Waals surface area contributed by atoms with Crippen molar-refractivity contribution in [2.24, 2.45) is 16.5 Å². The van der Waals surface area contributed by atoms with Gasteiger partial charge in [0, 0.05) is 0 Å². The molecule has 6 nitrogen and oxygen atoms in total. The lowest BCUT2D eigenvalue weighted by Gasteiger charge is -1.88. The van der Waals surface area contributed by atoms with Crippen LogP contribution in [0.4, 0.5) is 5.82 Å². The van der Waals surface area contributed by atoms with E-state index in [4.69, 9.17) is 11.5 Å². The summed E-state index contributed by atoms with van der Waals surface area (Å²) in [4.78, 5) is 20.4. The van der Waals surface area contributed by atoms with Crippen LogP contribution < -0.4 is 11.5 Å². The molecule has 1 aromatic heterocycles. The molecule has 1 aromatic rings. The molecule has 1 amide bonds. The minimum atomic E-state index is -0.608. The predicted molar refractivity (Wildman–Crippen MR) is 39.4 cm³/mol. The highest BCUT2D eigenvalue weighted by molar-refractivity contribution is 5.95. The summed E-state index contributed by atoms with van der Waals surface area (Å²) in [7, 11) is 0. The highest BCUT2D eigenvalue weighted by Gasteiger charge is 2.08. The van der Waals surface area contributed by atoms with E-state index in [9.17, 15) is 4.79 Å². The summed E-state index contributed by atoms with van der Waals surface area (Å²) in [6.45, 7) is 0. The first-order valence-electron chi connectivity index (χ1n) is 2.83. The molecule has 0 bridgehead atoms. The standard InChI is InChI=1S/C5H7N5O/c6-1-8-5-3(4(7)11)9-2-10-5/h1-2H,(H2,6,8)(H2,7,11)(H,9,10). The van der Waals surface area contributed by atoms with Gasteiger partial charge in [0.1, 0.15) is 0 Å². The fraction of sp³-hybridized carbons (Fsp3) is 0. The number of carbonyl (C=O) groups excluding carboxylic acids is 1. The van der Waals surface area contributed by atoms with Gasteiger partial charge in [-0.3, -0.25) is 4.79 Å². The van der Waals surface area contributed by atoms with Crippen molar-refractivity contribution in [2.75, 3.05) is 0 Å². The Balaban J connectivity index is 3.05. The third-order valence-electron chi connectivity index (χ3n) is 1.06. The molecule has 0 aliphatic heterocycles. The highest BCUT2D eigenvalue weighted by atomic mass is 16.1. The number of nitrogens with two attached hydrogens (primary N) is 2. The van der Waals surface area contributed by atoms with Crippen molar-refractivity contribution in [3.63, 3.8) is 0 Å². The Kier molecular flexibility index (Phi) is 1.86. The van der Waals surface area contributed by atoms with E-state index in [1.165, 1.54) is 6.33 Å². The van der Waals surface area contributed by atoms with Crippen molar-refractivity contribution in [3.05, 3.63) is 12.0 Å². The molecule has 0 atom stereocenters. The molecule has 5 N–H and O–H groups in total. The molecule has 0 saturated heterocycles. The minimum Gasteiger partial charge on any atom is -0.390 e. The normalized spacial score (nSPS) is 10.5. The summed E-state index contributed by atoms with van der Waals surface area (Å²) in [5, 5.41) is 0. The molecule has 58 valence electrons. The van der Waals surface area contributed by atoms with Gasteiger partial charge in [-0.25, -0.2) is 9.98 Å². The van der Waals surface area contributed by atoms with Crippen LogP contribution in [0.3, 0.4) is 0 Å². The third kappa shape index (κ3) is 1.34. The number of H-pyrrole nitrogens is 1. The number of hydrogen-bond donors (Lipinski definition) is 3. The first kappa shape index (κ1) is 7.26. The average molecular weight is 153 g/mol. The van der Waals surface area contributed by atoms with Gasteiger partial charge in [0.25, 0.3) is 5.91 Å². The number of aromatic amines is 1. The number of aliphatic imine (C=N–C) groups is 1. The second-order valence-electron chi connectivity index (χ2n) is 1.74. The molecule has 0 aliphatic rings. The van der Waals surface area contributed by atoms with Gasteiger partial charge in [0.05, 0.1) is 12.7 Å². The van der Waals surface area contributed by atoms with Gasteiger partial charge in [-0.2, -0.15) is 0 Å². The number of nitrogens with one attached hydrogen (secondary N) is 1. The zero-order valence-electron chi connectivity index (χ0n) is 5.61. The zero-order chi connectivity index (χ0) is 8.27. The van der Waals surface area contributed by atoms with Crippen LogP contribution in [0.1, 0.15) is 10.5 Å². The van der Waals surface area contributed by atoms with E-state index in [0.29, 0.717) is 0 Å². The van der Waals surface area contributed by atoms with E-state index in [-0.39, 0.29) is 11.5 Å². The Morgan fingerprint density at radius 2 is 2.55 bits per heavy atom. The summed E-state index contributed by atoms with van der Waals surface area (Å²) < 4.78 is 0. The lowest BCUT2D eigenvalue weighted by atomic mass is 10.4. The maximum atomic E-state index is 10.6. The average Bonchev–Trinajstić information content (AvgIpc) is 2.36. The quantitative estimate of drug-likeness (QED) is 0.379. The smallest absolute Gasteiger partial charge is 0.269 e. The van der Waals surface area contributed by atoms with Crippen molar-refractivity contribution < 1.29 is 4.79 Å². The van der Waals surface area contributed by atoms with Crippen LogP contribution in [0.5, 0.6) is 0 Å². The van der Waals surface area contributed by atoms with Crippen molar-refractivity contribution in [2.45, 2.75) is 0 Å². The minimum absolute atomic E-state index is 0.159. The zero-order valence-corrected chi connectivity index (χ0v) is 5.61. The van der Waals surface area contributed by atoms with Gasteiger partial charge in [-0.15, -0.1) is 0 Å². The second-order valence-corrected chi connectivity index (χ2v) is 1.74. The number of amides is 1. The lowest BCUT2D eigenvalue weighted by Crippen LogP contribution is -2.11. The number of nitrogens with zero attached hydrogens (tertiary/aromatic N) is 2. The van der Waals surface area contributed by atoms with Gasteiger partial charge in [-0.05, 0) is 0 Å². The Labute approximate surface area is 62.3 Å². The topological polar surface area (TPSA) is 110 Å². The van der Waals surface area contributed by atoms with E-state index >= 15 is 0 Å². The Morgan fingerprint density at radius 3 is 3.09 bits per heavy atom. The van der Waals surface area contributed by atoms with Crippen molar-refractivity contribution in [1.82, 2.24) is 9.97 Å². The van der Waals surface area contributed by atoms with Crippen molar-refractivity contribution in [1.29, 1.82) is 0 Å². The van der Waals surface area contributed by atoms with E-state index in [0.717, 1.165) is 6.34 Å². The summed E-state index contributed by atoms with van der Waals surface area (Å²) in [6.07, 6.45) is 2.37. The molecule has 0 saturated carbocycles. The van der Waals surface area contributed by atoms with Gasteiger partial charge in [0.2, 0.25) is 0 Å². The molecule has 11 heavy (non-hydrogen) atoms. The molecule has 0 fully saturated rings. The summed E-state index contributed by atoms with van der Waals surface area (Å²) >= 11 is 0. The van der Waals surface area contributed by atoms with Crippen LogP contribution in [0, 0.1) is 0 Å². The van der Waals surface area contributed by atoms with E-state index < -0.39 is 5.91 Å². The molecule has 1 rings (SSSR count). The molecule has 1 heterocycles. The van der Waals surface area contributed by atoms with Gasteiger partial charge >= 0.3 is 0 Å². The van der Waals surface area contributed by atoms with Crippen LogP contribution >= 0.6 is 0 Å². The molecule has 0 spiro atoms. The van der Waals surface area contributed by atoms with Crippen molar-refractivity contribution in [3.8, 4) is 0 Å². The third-order valence-corrected chi connectivity index (χ3v) is 1.06. The fourth-order valence-corrected chi connectivity index (χ4v) is 0.637. The summed E-state index contributed by atoms with van der Waals surface area (Å²) in [5.41, 5.74) is 10.1. The van der Waals surface area contributed by atoms with Crippen LogP contribution in [-0.2, 0) is 0 Å². The van der Waals surface area contributed by atoms with Crippen molar-refractivity contribution >= 4 is 18.1 Å². The molecule has 6 heteroatoms. The Bertz CT molecular complexity index is 289. The Morgan fingerprint density at radius 1 is 1.82 bits per heavy atom. The SMILES string of the molecule is NC=Nc1nc[nH]c1C(N)=O. The number of rotatable bonds is 2. The van der Waals surface area contributed by atoms with Gasteiger partial charge < -0.3 is 16.5 Å². The Hall–Kier alpha value is -1.85. The number of primary amides is 1. The molecule has 0 aromatic carbocycles. The predicted octanol–water partition coefficient (Wildman–Crippen LogP) is -0.873. The molecular formula is C5H7N5O. The lowest BCUT2D eigenvalue weighted by molar-refractivity contribution is 0.0997. The molecule has 0 unspecified atom stereocenters. The second kappa shape index (κ2) is 2.82. The van der Waals surface area contributed by atoms with E-state index in [1.807, 2.05) is 0 Å². The van der Waals surface area contributed by atoms with Gasteiger partial charge in [0.15, 0.2) is 11.5 Å². The first-order chi connectivity index (χ1) is 5.25. The molecule has 0 radical (unpaired) electrons. The van der Waals surface area contributed by atoms with Gasteiger partial charge in [-0.1, -0.05) is 0 Å². The van der Waals surface area contributed by atoms with Crippen LogP contribution in [-0.4, -0.2) is 22.2 Å². The number of carbonyl (C=O) groups is 1. The highest BCUT2D eigenvalue weighted by Crippen LogP contribution is 2.10. The van der Waals surface area contributed by atoms with Crippen LogP contribution in [0.2, 0.25) is 0 Å². The number of aromatic nitrogens is 2. The maximum Gasteiger partial charge on any atom is 0.269 e.